The number of nitrogens with zero attached hydrogens (tertiary/aromatic N) is 2. The van der Waals surface area contributed by atoms with E-state index in [0.717, 1.165) is 45.5 Å². The smallest absolute Gasteiger partial charge is 1.00 e. The molecule has 0 aliphatic rings. The number of nitrogen functional groups attached to an aromatic ring is 1. The Kier molecular flexibility index (Phi) is 25.0. The number of anilines is 2. The maximum Gasteiger partial charge on any atom is 1.00 e. The number of ketones is 2. The van der Waals surface area contributed by atoms with Crippen molar-refractivity contribution < 1.29 is 99.6 Å². The van der Waals surface area contributed by atoms with Crippen LogP contribution in [-0.4, -0.2) is 72.1 Å². The van der Waals surface area contributed by atoms with E-state index in [4.69, 9.17) is 45.6 Å². The molecule has 0 radical (unpaired) electrons. The number of alkyl halides is 1. The Balaban J connectivity index is 0.000000449. The molecule has 0 saturated carbocycles. The second-order valence-electron chi connectivity index (χ2n) is 11.6. The van der Waals surface area contributed by atoms with Crippen LogP contribution in [0.4, 0.5) is 11.4 Å². The zero-order chi connectivity index (χ0) is 40.3. The molecule has 0 spiro atoms. The molecule has 0 saturated heterocycles. The van der Waals surface area contributed by atoms with Crippen molar-refractivity contribution in [3.8, 4) is 0 Å². The molecule has 2 heterocycles. The number of pyridine rings is 2. The average Bonchev–Trinajstić information content (AvgIpc) is 3.23. The van der Waals surface area contributed by atoms with Crippen LogP contribution in [0.1, 0.15) is 31.8 Å². The molecule has 0 bridgehead atoms. The summed E-state index contributed by atoms with van der Waals surface area (Å²) in [6.07, 6.45) is 7.37. The summed E-state index contributed by atoms with van der Waals surface area (Å²) in [4.78, 5) is 54.3. The number of nitrogens with two attached hydrogens (primary N) is 1. The molecule has 0 aliphatic heterocycles. The fraction of sp³-hybridized carbons (Fsp3) is 0.171. The number of benzene rings is 4. The van der Waals surface area contributed by atoms with Crippen LogP contribution in [0.25, 0.3) is 21.5 Å². The maximum absolute atomic E-state index is 12.3. The van der Waals surface area contributed by atoms with Crippen molar-refractivity contribution in [3.63, 3.8) is 0 Å². The van der Waals surface area contributed by atoms with Gasteiger partial charge in [-0.1, -0.05) is 59.6 Å². The summed E-state index contributed by atoms with van der Waals surface area (Å²) >= 11 is 18.1. The van der Waals surface area contributed by atoms with Crippen LogP contribution in [0.3, 0.4) is 0 Å². The van der Waals surface area contributed by atoms with Crippen LogP contribution >= 0.6 is 34.8 Å². The van der Waals surface area contributed by atoms with Gasteiger partial charge in [0, 0.05) is 103 Å². The number of aliphatic hydroxyl groups excluding tert-OH is 1. The number of fused-ring (bicyclic) bond motifs is 2. The predicted molar refractivity (Wildman–Crippen MR) is 222 cm³/mol. The number of nitrogens with one attached hydrogen (secondary N) is 3. The molecule has 4 aromatic carbocycles. The topological polar surface area (TPSA) is 176 Å². The quantitative estimate of drug-likeness (QED) is 0.0580. The largest absolute Gasteiger partial charge is 1.00 e. The summed E-state index contributed by atoms with van der Waals surface area (Å²) in [5.74, 6) is -0.289. The van der Waals surface area contributed by atoms with E-state index in [9.17, 15) is 19.2 Å². The zero-order valence-corrected chi connectivity index (χ0v) is 39.3. The minimum Gasteiger partial charge on any atom is -1.00 e. The van der Waals surface area contributed by atoms with Gasteiger partial charge in [-0.25, -0.2) is 0 Å². The number of carbonyl (C=O) groups is 4. The monoisotopic (exact) mass is 968 g/mol. The molecule has 6 rings (SSSR count). The first kappa shape index (κ1) is 51.8. The second kappa shape index (κ2) is 27.5. The molecule has 0 aliphatic carbocycles. The van der Waals surface area contributed by atoms with Crippen LogP contribution in [0.2, 0.25) is 10.0 Å². The van der Waals surface area contributed by atoms with E-state index in [1.54, 1.807) is 81.3 Å². The number of aromatic nitrogens is 2. The first-order valence-corrected chi connectivity index (χ1v) is 18.0. The summed E-state index contributed by atoms with van der Waals surface area (Å²) in [7, 11) is 4.17. The summed E-state index contributed by atoms with van der Waals surface area (Å²) in [5, 5.41) is 20.0. The first-order valence-electron chi connectivity index (χ1n) is 16.7. The minimum atomic E-state index is -0.169. The van der Waals surface area contributed by atoms with E-state index in [0.29, 0.717) is 26.9 Å². The minimum absolute atomic E-state index is 0. The van der Waals surface area contributed by atoms with Gasteiger partial charge in [0.2, 0.25) is 0 Å². The molecule has 11 nitrogen and oxygen atoms in total. The number of amides is 2. The van der Waals surface area contributed by atoms with Gasteiger partial charge in [0.25, 0.3) is 11.8 Å². The SMILES string of the molecule is CNC(=O)c1cccc(N)c1.CNC(=O)c1cccc(NCC(=O)Cc2ccc3cnccc3c2Cl)c1.CO.O=C(CCl)Cc1ccc2cnccc2c1Cl.[I-].[K+]. The summed E-state index contributed by atoms with van der Waals surface area (Å²) in [6, 6.07) is 25.1. The maximum atomic E-state index is 12.3. The van der Waals surface area contributed by atoms with Crippen molar-refractivity contribution in [2.24, 2.45) is 0 Å². The number of hydrogen-bond acceptors (Lipinski definition) is 9. The van der Waals surface area contributed by atoms with Gasteiger partial charge in [-0.05, 0) is 59.7 Å². The molecule has 294 valence electrons. The molecule has 6 N–H and O–H groups in total. The standard InChI is InChI=1S/C20H18ClN3O2.C12H9Cl2NO.C8H10N2O.CH4O.HI.K/c1-22-20(26)14-3-2-4-16(9-14)24-12-17(25)10-13-5-6-15-11-23-8-7-18(15)19(13)21;13-6-10(16)5-8-1-2-9-7-15-4-3-11(9)12(8)14;1-10-8(11)6-3-2-4-7(9)5-6;1-2;;/h2-9,11,24H,10,12H2,1H3,(H,22,26);1-4,7H,5-6H2;2-5H,9H2,1H3,(H,10,11);2H,1H3;1H;/q;;;;;+1/p-1. The molecule has 6 aromatic rings. The number of rotatable bonds is 10. The Bertz CT molecular complexity index is 2270. The predicted octanol–water partition coefficient (Wildman–Crippen LogP) is 0.955. The number of Topliss-reactive ketones (excluding diaryl/α,β-unsaturated/α-hetero) is 2. The van der Waals surface area contributed by atoms with E-state index < -0.39 is 0 Å². The third kappa shape index (κ3) is 16.2. The van der Waals surface area contributed by atoms with Gasteiger partial charge in [-0.3, -0.25) is 29.1 Å². The molecule has 16 heteroatoms. The molecule has 0 unspecified atom stereocenters. The fourth-order valence-electron chi connectivity index (χ4n) is 5.10. The van der Waals surface area contributed by atoms with E-state index in [1.165, 1.54) is 0 Å². The fourth-order valence-corrected chi connectivity index (χ4v) is 5.80. The molecular formula is C41H41Cl3IKN6O5. The van der Waals surface area contributed by atoms with Crippen molar-refractivity contribution >= 4 is 91.1 Å². The molecule has 2 amide bonds. The summed E-state index contributed by atoms with van der Waals surface area (Å²) in [6.45, 7) is 0.155. The normalized spacial score (nSPS) is 9.67. The molecule has 57 heavy (non-hydrogen) atoms. The number of aliphatic hydroxyl groups is 1. The molecule has 0 fully saturated rings. The Labute approximate surface area is 406 Å². The van der Waals surface area contributed by atoms with E-state index in [1.807, 2.05) is 42.5 Å². The van der Waals surface area contributed by atoms with Crippen LogP contribution in [0.15, 0.2) is 110 Å². The van der Waals surface area contributed by atoms with E-state index in [2.05, 4.69) is 25.9 Å². The number of carbonyl (C=O) groups excluding carboxylic acids is 4. The van der Waals surface area contributed by atoms with Gasteiger partial charge >= 0.3 is 51.4 Å². The third-order valence-corrected chi connectivity index (χ3v) is 9.00. The van der Waals surface area contributed by atoms with Crippen molar-refractivity contribution in [2.45, 2.75) is 12.8 Å². The van der Waals surface area contributed by atoms with Crippen molar-refractivity contribution in [3.05, 3.63) is 142 Å². The zero-order valence-electron chi connectivity index (χ0n) is 31.8. The second-order valence-corrected chi connectivity index (χ2v) is 12.6. The van der Waals surface area contributed by atoms with Gasteiger partial charge in [0.15, 0.2) is 11.6 Å². The van der Waals surface area contributed by atoms with Crippen molar-refractivity contribution in [2.75, 3.05) is 44.7 Å². The number of halogens is 4. The van der Waals surface area contributed by atoms with E-state index in [-0.39, 0.29) is 124 Å². The van der Waals surface area contributed by atoms with Crippen molar-refractivity contribution in [1.82, 2.24) is 20.6 Å². The van der Waals surface area contributed by atoms with Crippen molar-refractivity contribution in [1.29, 1.82) is 0 Å². The molecular weight excluding hydrogens is 929 g/mol. The Morgan fingerprint density at radius 1 is 0.684 bits per heavy atom. The third-order valence-electron chi connectivity index (χ3n) is 7.81. The van der Waals surface area contributed by atoms with Crippen LogP contribution in [-0.2, 0) is 22.4 Å². The van der Waals surface area contributed by atoms with Crippen LogP contribution in [0.5, 0.6) is 0 Å². The summed E-state index contributed by atoms with van der Waals surface area (Å²) < 4.78 is 0. The Morgan fingerprint density at radius 3 is 1.63 bits per heavy atom. The van der Waals surface area contributed by atoms with Gasteiger partial charge < -0.3 is 50.8 Å². The Hall–Kier alpha value is -3.22. The van der Waals surface area contributed by atoms with Gasteiger partial charge in [0.05, 0.1) is 22.5 Å². The van der Waals surface area contributed by atoms with Gasteiger partial charge in [0.1, 0.15) is 0 Å². The van der Waals surface area contributed by atoms with E-state index >= 15 is 0 Å². The van der Waals surface area contributed by atoms with Crippen LogP contribution in [0, 0.1) is 0 Å². The molecule has 0 atom stereocenters. The van der Waals surface area contributed by atoms with Gasteiger partial charge in [-0.2, -0.15) is 0 Å². The van der Waals surface area contributed by atoms with Gasteiger partial charge in [-0.15, -0.1) is 11.6 Å². The first-order chi connectivity index (χ1) is 26.5. The summed E-state index contributed by atoms with van der Waals surface area (Å²) in [5.41, 5.74) is 9.52. The number of hydrogen-bond donors (Lipinski definition) is 5. The Morgan fingerprint density at radius 2 is 1.16 bits per heavy atom. The van der Waals surface area contributed by atoms with Crippen LogP contribution < -0.4 is 97.0 Å². The molecule has 2 aromatic heterocycles. The average molecular weight is 970 g/mol.